The molecule has 0 aromatic carbocycles. The lowest BCUT2D eigenvalue weighted by Gasteiger charge is -2.22. The molecule has 0 bridgehead atoms. The smallest absolute Gasteiger partial charge is 0.222 e. The second-order valence-electron chi connectivity index (χ2n) is 3.92. The first-order chi connectivity index (χ1) is 8.76. The van der Waals surface area contributed by atoms with E-state index >= 15 is 0 Å². The molecule has 0 atom stereocenters. The quantitative estimate of drug-likeness (QED) is 0.406. The van der Waals surface area contributed by atoms with Crippen LogP contribution in [0.25, 0.3) is 0 Å². The summed E-state index contributed by atoms with van der Waals surface area (Å²) in [4.78, 5) is 13.8. The summed E-state index contributed by atoms with van der Waals surface area (Å²) in [5.74, 6) is 0.782. The van der Waals surface area contributed by atoms with Gasteiger partial charge in [-0.05, 0) is 26.7 Å². The van der Waals surface area contributed by atoms with Crippen molar-refractivity contribution in [2.45, 2.75) is 33.1 Å². The molecule has 18 heavy (non-hydrogen) atoms. The van der Waals surface area contributed by atoms with Gasteiger partial charge in [-0.2, -0.15) is 0 Å². The highest BCUT2D eigenvalue weighted by atomic mass is 35.5. The van der Waals surface area contributed by atoms with E-state index in [9.17, 15) is 4.79 Å². The molecule has 0 aliphatic heterocycles. The zero-order valence-corrected chi connectivity index (χ0v) is 12.4. The zero-order valence-electron chi connectivity index (χ0n) is 11.6. The second-order valence-corrected chi connectivity index (χ2v) is 4.30. The van der Waals surface area contributed by atoms with Gasteiger partial charge in [-0.25, -0.2) is 0 Å². The molecular formula is C13H26ClNO3. The third-order valence-corrected chi connectivity index (χ3v) is 2.81. The van der Waals surface area contributed by atoms with Gasteiger partial charge in [0, 0.05) is 38.6 Å². The Bertz CT molecular complexity index is 193. The summed E-state index contributed by atoms with van der Waals surface area (Å²) in [6.07, 6.45) is 2.30. The van der Waals surface area contributed by atoms with Gasteiger partial charge in [-0.3, -0.25) is 4.79 Å². The molecule has 0 fully saturated rings. The molecule has 0 heterocycles. The number of hydrogen-bond acceptors (Lipinski definition) is 3. The highest BCUT2D eigenvalue weighted by molar-refractivity contribution is 6.17. The van der Waals surface area contributed by atoms with E-state index < -0.39 is 0 Å². The van der Waals surface area contributed by atoms with Crippen molar-refractivity contribution in [3.63, 3.8) is 0 Å². The van der Waals surface area contributed by atoms with E-state index in [4.69, 9.17) is 21.1 Å². The lowest BCUT2D eigenvalue weighted by Crippen LogP contribution is -2.36. The molecule has 0 saturated carbocycles. The van der Waals surface area contributed by atoms with Gasteiger partial charge in [0.25, 0.3) is 0 Å². The molecule has 0 N–H and O–H groups in total. The molecule has 0 unspecified atom stereocenters. The van der Waals surface area contributed by atoms with Crippen molar-refractivity contribution in [3.05, 3.63) is 0 Å². The number of halogens is 1. The van der Waals surface area contributed by atoms with Crippen molar-refractivity contribution >= 4 is 17.5 Å². The van der Waals surface area contributed by atoms with Crippen LogP contribution in [0.15, 0.2) is 0 Å². The van der Waals surface area contributed by atoms with Gasteiger partial charge < -0.3 is 14.4 Å². The fourth-order valence-corrected chi connectivity index (χ4v) is 1.72. The van der Waals surface area contributed by atoms with E-state index in [1.54, 1.807) is 0 Å². The zero-order chi connectivity index (χ0) is 13.6. The average molecular weight is 280 g/mol. The van der Waals surface area contributed by atoms with Crippen LogP contribution in [0.2, 0.25) is 0 Å². The molecule has 0 aromatic rings. The highest BCUT2D eigenvalue weighted by Gasteiger charge is 2.12. The fourth-order valence-electron chi connectivity index (χ4n) is 1.53. The number of rotatable bonds is 12. The maximum absolute atomic E-state index is 12.0. The number of amides is 1. The largest absolute Gasteiger partial charge is 0.380 e. The van der Waals surface area contributed by atoms with Crippen LogP contribution in [0.5, 0.6) is 0 Å². The Hall–Kier alpha value is -0.320. The summed E-state index contributed by atoms with van der Waals surface area (Å²) in [6, 6.07) is 0. The van der Waals surface area contributed by atoms with Gasteiger partial charge in [-0.15, -0.1) is 11.6 Å². The Morgan fingerprint density at radius 1 is 1.06 bits per heavy atom. The Balaban J connectivity index is 3.95. The summed E-state index contributed by atoms with van der Waals surface area (Å²) in [6.45, 7) is 7.72. The van der Waals surface area contributed by atoms with Gasteiger partial charge in [0.2, 0.25) is 5.91 Å². The Morgan fingerprint density at radius 2 is 1.61 bits per heavy atom. The minimum atomic E-state index is 0.166. The Labute approximate surface area is 116 Å². The molecule has 0 radical (unpaired) electrons. The third kappa shape index (κ3) is 9.68. The topological polar surface area (TPSA) is 38.8 Å². The van der Waals surface area contributed by atoms with Gasteiger partial charge in [0.1, 0.15) is 0 Å². The number of unbranched alkanes of at least 4 members (excludes halogenated alkanes) is 1. The standard InChI is InChI=1S/C13H26ClNO3/c1-3-17-11-9-15(10-12-18-4-2)13(16)7-5-6-8-14/h3-12H2,1-2H3. The van der Waals surface area contributed by atoms with E-state index in [1.807, 2.05) is 18.7 Å². The predicted molar refractivity (Wildman–Crippen MR) is 74.1 cm³/mol. The molecule has 108 valence electrons. The van der Waals surface area contributed by atoms with Crippen LogP contribution >= 0.6 is 11.6 Å². The number of carbonyl (C=O) groups excluding carboxylic acids is 1. The molecule has 0 aromatic heterocycles. The summed E-state index contributed by atoms with van der Waals surface area (Å²) in [5.41, 5.74) is 0. The number of carbonyl (C=O) groups is 1. The summed E-state index contributed by atoms with van der Waals surface area (Å²) in [7, 11) is 0. The summed E-state index contributed by atoms with van der Waals surface area (Å²) >= 11 is 5.60. The van der Waals surface area contributed by atoms with Crippen molar-refractivity contribution < 1.29 is 14.3 Å². The van der Waals surface area contributed by atoms with E-state index in [0.717, 1.165) is 12.8 Å². The average Bonchev–Trinajstić information content (AvgIpc) is 2.37. The Kier molecular flexibility index (Phi) is 12.9. The molecule has 5 heteroatoms. The van der Waals surface area contributed by atoms with Crippen LogP contribution in [0.1, 0.15) is 33.1 Å². The first kappa shape index (κ1) is 17.7. The lowest BCUT2D eigenvalue weighted by atomic mass is 10.2. The maximum atomic E-state index is 12.0. The number of ether oxygens (including phenoxy) is 2. The molecule has 0 aliphatic rings. The van der Waals surface area contributed by atoms with Crippen LogP contribution in [0, 0.1) is 0 Å². The SMILES string of the molecule is CCOCCN(CCOCC)C(=O)CCCCCl. The van der Waals surface area contributed by atoms with Crippen LogP contribution < -0.4 is 0 Å². The van der Waals surface area contributed by atoms with E-state index in [2.05, 4.69) is 0 Å². The van der Waals surface area contributed by atoms with Crippen molar-refractivity contribution in [3.8, 4) is 0 Å². The minimum Gasteiger partial charge on any atom is -0.380 e. The van der Waals surface area contributed by atoms with Crippen molar-refractivity contribution in [1.29, 1.82) is 0 Å². The second kappa shape index (κ2) is 13.1. The van der Waals surface area contributed by atoms with E-state index in [-0.39, 0.29) is 5.91 Å². The highest BCUT2D eigenvalue weighted by Crippen LogP contribution is 2.02. The minimum absolute atomic E-state index is 0.166. The van der Waals surface area contributed by atoms with Gasteiger partial charge in [0.15, 0.2) is 0 Å². The molecule has 1 amide bonds. The van der Waals surface area contributed by atoms with Crippen LogP contribution in [-0.2, 0) is 14.3 Å². The van der Waals surface area contributed by atoms with Crippen molar-refractivity contribution in [2.75, 3.05) is 45.4 Å². The number of nitrogens with zero attached hydrogens (tertiary/aromatic N) is 1. The first-order valence-electron chi connectivity index (χ1n) is 6.75. The Morgan fingerprint density at radius 3 is 2.06 bits per heavy atom. The van der Waals surface area contributed by atoms with E-state index in [0.29, 0.717) is 51.8 Å². The molecule has 0 saturated heterocycles. The maximum Gasteiger partial charge on any atom is 0.222 e. The molecule has 4 nitrogen and oxygen atoms in total. The molecule has 0 rings (SSSR count). The predicted octanol–water partition coefficient (Wildman–Crippen LogP) is 2.30. The number of alkyl halides is 1. The lowest BCUT2D eigenvalue weighted by molar-refractivity contribution is -0.132. The molecular weight excluding hydrogens is 254 g/mol. The van der Waals surface area contributed by atoms with Crippen LogP contribution in [0.3, 0.4) is 0 Å². The first-order valence-corrected chi connectivity index (χ1v) is 7.28. The van der Waals surface area contributed by atoms with Gasteiger partial charge in [0.05, 0.1) is 13.2 Å². The molecule has 0 spiro atoms. The monoisotopic (exact) mass is 279 g/mol. The van der Waals surface area contributed by atoms with Crippen molar-refractivity contribution in [2.24, 2.45) is 0 Å². The van der Waals surface area contributed by atoms with Crippen LogP contribution in [-0.4, -0.2) is 56.2 Å². The van der Waals surface area contributed by atoms with Gasteiger partial charge in [-0.1, -0.05) is 0 Å². The summed E-state index contributed by atoms with van der Waals surface area (Å²) in [5, 5.41) is 0. The molecule has 0 aliphatic carbocycles. The summed E-state index contributed by atoms with van der Waals surface area (Å²) < 4.78 is 10.6. The normalized spacial score (nSPS) is 10.6. The van der Waals surface area contributed by atoms with Crippen LogP contribution in [0.4, 0.5) is 0 Å². The van der Waals surface area contributed by atoms with Crippen molar-refractivity contribution in [1.82, 2.24) is 4.90 Å². The fraction of sp³-hybridized carbons (Fsp3) is 0.923. The van der Waals surface area contributed by atoms with E-state index in [1.165, 1.54) is 0 Å². The third-order valence-electron chi connectivity index (χ3n) is 2.55. The number of hydrogen-bond donors (Lipinski definition) is 0. The van der Waals surface area contributed by atoms with Gasteiger partial charge >= 0.3 is 0 Å².